The lowest BCUT2D eigenvalue weighted by Gasteiger charge is -2.25. The van der Waals surface area contributed by atoms with E-state index in [1.165, 1.54) is 16.4 Å². The molecule has 3 rings (SSSR count). The molecular formula is C20H18FNO2S. The van der Waals surface area contributed by atoms with E-state index >= 15 is 0 Å². The molecule has 0 saturated heterocycles. The molecule has 3 aromatic rings. The Hall–Kier alpha value is -2.66. The van der Waals surface area contributed by atoms with Gasteiger partial charge in [-0.1, -0.05) is 42.5 Å². The van der Waals surface area contributed by atoms with Crippen LogP contribution in [0, 0.1) is 12.7 Å². The predicted molar refractivity (Wildman–Crippen MR) is 97.4 cm³/mol. The van der Waals surface area contributed by atoms with Crippen molar-refractivity contribution >= 4 is 15.7 Å². The van der Waals surface area contributed by atoms with Crippen LogP contribution in [0.4, 0.5) is 10.1 Å². The maximum absolute atomic E-state index is 13.5. The lowest BCUT2D eigenvalue weighted by Crippen LogP contribution is -2.30. The Bertz CT molecular complexity index is 972. The standard InChI is InChI=1S/C20H18FNO2S/c1-16-7-5-10-19(13-16)22(15-17-8-6-9-18(21)14-17)25(23,24)20-11-3-2-4-12-20/h2-14H,15H2,1H3. The van der Waals surface area contributed by atoms with Gasteiger partial charge in [0.05, 0.1) is 17.1 Å². The Labute approximate surface area is 147 Å². The number of rotatable bonds is 5. The van der Waals surface area contributed by atoms with E-state index in [1.54, 1.807) is 54.6 Å². The Morgan fingerprint density at radius 1 is 0.880 bits per heavy atom. The molecule has 128 valence electrons. The molecule has 3 nitrogen and oxygen atoms in total. The van der Waals surface area contributed by atoms with Gasteiger partial charge in [-0.3, -0.25) is 4.31 Å². The van der Waals surface area contributed by atoms with Gasteiger partial charge in [0.1, 0.15) is 5.82 Å². The van der Waals surface area contributed by atoms with E-state index in [-0.39, 0.29) is 17.3 Å². The van der Waals surface area contributed by atoms with E-state index in [0.717, 1.165) is 5.56 Å². The van der Waals surface area contributed by atoms with Crippen molar-refractivity contribution in [3.63, 3.8) is 0 Å². The Morgan fingerprint density at radius 3 is 2.28 bits per heavy atom. The van der Waals surface area contributed by atoms with Crippen molar-refractivity contribution in [1.29, 1.82) is 0 Å². The fourth-order valence-electron chi connectivity index (χ4n) is 2.62. The van der Waals surface area contributed by atoms with Crippen molar-refractivity contribution in [3.05, 3.63) is 95.8 Å². The molecule has 0 bridgehead atoms. The van der Waals surface area contributed by atoms with Crippen LogP contribution in [0.25, 0.3) is 0 Å². The van der Waals surface area contributed by atoms with Crippen LogP contribution in [-0.2, 0) is 16.6 Å². The normalized spacial score (nSPS) is 11.3. The highest BCUT2D eigenvalue weighted by atomic mass is 32.2. The topological polar surface area (TPSA) is 37.4 Å². The monoisotopic (exact) mass is 355 g/mol. The van der Waals surface area contributed by atoms with E-state index in [9.17, 15) is 12.8 Å². The van der Waals surface area contributed by atoms with Gasteiger partial charge in [0.2, 0.25) is 0 Å². The molecule has 5 heteroatoms. The van der Waals surface area contributed by atoms with Crippen molar-refractivity contribution in [1.82, 2.24) is 0 Å². The minimum absolute atomic E-state index is 0.0540. The van der Waals surface area contributed by atoms with Crippen molar-refractivity contribution < 1.29 is 12.8 Å². The lowest BCUT2D eigenvalue weighted by molar-refractivity contribution is 0.589. The Balaban J connectivity index is 2.09. The fourth-order valence-corrected chi connectivity index (χ4v) is 4.08. The molecule has 3 aromatic carbocycles. The minimum Gasteiger partial charge on any atom is -0.262 e. The summed E-state index contributed by atoms with van der Waals surface area (Å²) in [7, 11) is -3.77. The van der Waals surface area contributed by atoms with Crippen LogP contribution in [0.5, 0.6) is 0 Å². The van der Waals surface area contributed by atoms with Gasteiger partial charge in [0.15, 0.2) is 0 Å². The first-order valence-electron chi connectivity index (χ1n) is 7.86. The third-order valence-electron chi connectivity index (χ3n) is 3.84. The van der Waals surface area contributed by atoms with Gasteiger partial charge in [-0.15, -0.1) is 0 Å². The molecule has 0 radical (unpaired) electrons. The van der Waals surface area contributed by atoms with Crippen molar-refractivity contribution in [2.75, 3.05) is 4.31 Å². The molecule has 0 heterocycles. The molecule has 0 atom stereocenters. The first-order valence-corrected chi connectivity index (χ1v) is 9.30. The highest BCUT2D eigenvalue weighted by Gasteiger charge is 2.25. The SMILES string of the molecule is Cc1cccc(N(Cc2cccc(F)c2)S(=O)(=O)c2ccccc2)c1. The molecule has 0 aromatic heterocycles. The minimum atomic E-state index is -3.77. The van der Waals surface area contributed by atoms with Gasteiger partial charge < -0.3 is 0 Å². The van der Waals surface area contributed by atoms with Crippen LogP contribution < -0.4 is 4.31 Å². The second-order valence-electron chi connectivity index (χ2n) is 5.79. The van der Waals surface area contributed by atoms with Gasteiger partial charge in [0.25, 0.3) is 10.0 Å². The second-order valence-corrected chi connectivity index (χ2v) is 7.66. The lowest BCUT2D eigenvalue weighted by atomic mass is 10.2. The van der Waals surface area contributed by atoms with Gasteiger partial charge in [-0.05, 0) is 54.4 Å². The van der Waals surface area contributed by atoms with Gasteiger partial charge in [0, 0.05) is 0 Å². The molecule has 0 saturated carbocycles. The summed E-state index contributed by atoms with van der Waals surface area (Å²) in [5, 5.41) is 0. The summed E-state index contributed by atoms with van der Waals surface area (Å²) in [6, 6.07) is 21.5. The van der Waals surface area contributed by atoms with E-state index < -0.39 is 10.0 Å². The van der Waals surface area contributed by atoms with Gasteiger partial charge in [-0.2, -0.15) is 0 Å². The average Bonchev–Trinajstić information content (AvgIpc) is 2.60. The summed E-state index contributed by atoms with van der Waals surface area (Å²) in [6.07, 6.45) is 0. The summed E-state index contributed by atoms with van der Waals surface area (Å²) in [6.45, 7) is 1.96. The molecule has 0 spiro atoms. The summed E-state index contributed by atoms with van der Waals surface area (Å²) < 4.78 is 41.2. The summed E-state index contributed by atoms with van der Waals surface area (Å²) in [4.78, 5) is 0.202. The molecule has 0 amide bonds. The van der Waals surface area contributed by atoms with Crippen LogP contribution in [0.3, 0.4) is 0 Å². The van der Waals surface area contributed by atoms with Gasteiger partial charge >= 0.3 is 0 Å². The number of anilines is 1. The summed E-state index contributed by atoms with van der Waals surface area (Å²) in [5.41, 5.74) is 2.08. The number of aryl methyl sites for hydroxylation is 1. The number of benzene rings is 3. The zero-order valence-electron chi connectivity index (χ0n) is 13.8. The number of halogens is 1. The third-order valence-corrected chi connectivity index (χ3v) is 5.62. The Kier molecular flexibility index (Phi) is 4.86. The third kappa shape index (κ3) is 3.88. The first-order chi connectivity index (χ1) is 12.0. The van der Waals surface area contributed by atoms with E-state index in [0.29, 0.717) is 11.3 Å². The zero-order chi connectivity index (χ0) is 17.9. The number of sulfonamides is 1. The van der Waals surface area contributed by atoms with Crippen molar-refractivity contribution in [3.8, 4) is 0 Å². The zero-order valence-corrected chi connectivity index (χ0v) is 14.6. The molecule has 25 heavy (non-hydrogen) atoms. The highest BCUT2D eigenvalue weighted by Crippen LogP contribution is 2.26. The molecular weight excluding hydrogens is 337 g/mol. The van der Waals surface area contributed by atoms with Crippen molar-refractivity contribution in [2.45, 2.75) is 18.4 Å². The fraction of sp³-hybridized carbons (Fsp3) is 0.100. The molecule has 0 fully saturated rings. The Morgan fingerprint density at radius 2 is 1.60 bits per heavy atom. The predicted octanol–water partition coefficient (Wildman–Crippen LogP) is 4.53. The largest absolute Gasteiger partial charge is 0.264 e. The molecule has 0 aliphatic carbocycles. The summed E-state index contributed by atoms with van der Waals surface area (Å²) in [5.74, 6) is -0.390. The second kappa shape index (κ2) is 7.07. The van der Waals surface area contributed by atoms with Crippen LogP contribution in [-0.4, -0.2) is 8.42 Å². The van der Waals surface area contributed by atoms with E-state index in [4.69, 9.17) is 0 Å². The smallest absolute Gasteiger partial charge is 0.262 e. The van der Waals surface area contributed by atoms with Crippen LogP contribution >= 0.6 is 0 Å². The molecule has 0 aliphatic heterocycles. The van der Waals surface area contributed by atoms with E-state index in [1.807, 2.05) is 19.1 Å². The highest BCUT2D eigenvalue weighted by molar-refractivity contribution is 7.92. The van der Waals surface area contributed by atoms with Crippen molar-refractivity contribution in [2.24, 2.45) is 0 Å². The van der Waals surface area contributed by atoms with Gasteiger partial charge in [-0.25, -0.2) is 12.8 Å². The average molecular weight is 355 g/mol. The molecule has 0 aliphatic rings. The first kappa shape index (κ1) is 17.2. The summed E-state index contributed by atoms with van der Waals surface area (Å²) >= 11 is 0. The van der Waals surface area contributed by atoms with Crippen LogP contribution in [0.15, 0.2) is 83.8 Å². The maximum Gasteiger partial charge on any atom is 0.264 e. The molecule has 0 unspecified atom stereocenters. The number of hydrogen-bond acceptors (Lipinski definition) is 2. The number of nitrogens with zero attached hydrogens (tertiary/aromatic N) is 1. The maximum atomic E-state index is 13.5. The number of hydrogen-bond donors (Lipinski definition) is 0. The quantitative estimate of drug-likeness (QED) is 0.674. The van der Waals surface area contributed by atoms with Crippen LogP contribution in [0.1, 0.15) is 11.1 Å². The van der Waals surface area contributed by atoms with Crippen LogP contribution in [0.2, 0.25) is 0 Å². The van der Waals surface area contributed by atoms with E-state index in [2.05, 4.69) is 0 Å². The molecule has 0 N–H and O–H groups in total.